The summed E-state index contributed by atoms with van der Waals surface area (Å²) in [6.45, 7) is 14.4. The predicted octanol–water partition coefficient (Wildman–Crippen LogP) is 4.18. The molecular weight excluding hydrogens is 319 g/mol. The van der Waals surface area contributed by atoms with E-state index in [1.54, 1.807) is 12.1 Å². The van der Waals surface area contributed by atoms with Gasteiger partial charge in [0.25, 0.3) is 0 Å². The van der Waals surface area contributed by atoms with Gasteiger partial charge in [0.05, 0.1) is 6.10 Å². The normalized spacial score (nSPS) is 21.2. The van der Waals surface area contributed by atoms with Crippen molar-refractivity contribution in [3.05, 3.63) is 35.6 Å². The topological polar surface area (TPSA) is 24.5 Å². The maximum atomic E-state index is 13.5. The Morgan fingerprint density at radius 2 is 2.08 bits per heavy atom. The van der Waals surface area contributed by atoms with Gasteiger partial charge in [-0.15, -0.1) is 0 Å². The fourth-order valence-corrected chi connectivity index (χ4v) is 4.38. The van der Waals surface area contributed by atoms with Crippen LogP contribution in [0.15, 0.2) is 24.3 Å². The molecule has 0 saturated carbocycles. The third-order valence-electron chi connectivity index (χ3n) is 5.54. The fraction of sp³-hybridized carbons (Fsp3) is 0.684. The summed E-state index contributed by atoms with van der Waals surface area (Å²) in [7, 11) is 0.229. The smallest absolute Gasteiger partial charge is 0.192 e. The molecule has 0 radical (unpaired) electrons. The molecule has 2 atom stereocenters. The molecule has 1 aliphatic heterocycles. The monoisotopic (exact) mass is 352 g/mol. The molecule has 0 spiro atoms. The highest BCUT2D eigenvalue weighted by molar-refractivity contribution is 6.74. The highest BCUT2D eigenvalue weighted by Crippen LogP contribution is 2.38. The fourth-order valence-electron chi connectivity index (χ4n) is 3.00. The van der Waals surface area contributed by atoms with E-state index >= 15 is 0 Å². The summed E-state index contributed by atoms with van der Waals surface area (Å²) in [6, 6.07) is 7.04. The lowest BCUT2D eigenvalue weighted by molar-refractivity contribution is 0.177. The van der Waals surface area contributed by atoms with Crippen molar-refractivity contribution < 1.29 is 8.82 Å². The van der Waals surface area contributed by atoms with E-state index in [9.17, 15) is 4.39 Å². The van der Waals surface area contributed by atoms with Gasteiger partial charge >= 0.3 is 0 Å². The summed E-state index contributed by atoms with van der Waals surface area (Å²) in [5.74, 6) is -0.173. The van der Waals surface area contributed by atoms with E-state index in [4.69, 9.17) is 4.43 Å². The average molecular weight is 353 g/mol. The van der Waals surface area contributed by atoms with Crippen molar-refractivity contribution in [1.29, 1.82) is 0 Å². The highest BCUT2D eigenvalue weighted by Gasteiger charge is 2.40. The van der Waals surface area contributed by atoms with Gasteiger partial charge in [-0.25, -0.2) is 4.39 Å². The summed E-state index contributed by atoms with van der Waals surface area (Å²) in [5, 5.41) is 3.56. The first kappa shape index (κ1) is 19.6. The van der Waals surface area contributed by atoms with E-state index in [1.807, 2.05) is 13.1 Å². The van der Waals surface area contributed by atoms with Gasteiger partial charge in [-0.05, 0) is 49.3 Å². The summed E-state index contributed by atoms with van der Waals surface area (Å²) in [4.78, 5) is 2.43. The van der Waals surface area contributed by atoms with E-state index in [0.29, 0.717) is 6.10 Å². The van der Waals surface area contributed by atoms with Crippen molar-refractivity contribution in [2.75, 3.05) is 26.7 Å². The Labute approximate surface area is 147 Å². The van der Waals surface area contributed by atoms with Crippen LogP contribution in [0.3, 0.4) is 0 Å². The maximum absolute atomic E-state index is 13.5. The number of likely N-dealkylation sites (tertiary alicyclic amines) is 1. The van der Waals surface area contributed by atoms with Crippen LogP contribution >= 0.6 is 0 Å². The molecule has 24 heavy (non-hydrogen) atoms. The van der Waals surface area contributed by atoms with Crippen molar-refractivity contribution in [2.24, 2.45) is 0 Å². The molecule has 2 rings (SSSR count). The minimum Gasteiger partial charge on any atom is -0.413 e. The molecule has 0 bridgehead atoms. The van der Waals surface area contributed by atoms with Crippen molar-refractivity contribution in [3.8, 4) is 0 Å². The lowest BCUT2D eigenvalue weighted by Gasteiger charge is -2.38. The molecule has 0 unspecified atom stereocenters. The van der Waals surface area contributed by atoms with Gasteiger partial charge in [0, 0.05) is 25.7 Å². The molecule has 1 heterocycles. The Bertz CT molecular complexity index is 544. The Morgan fingerprint density at radius 1 is 1.38 bits per heavy atom. The lowest BCUT2D eigenvalue weighted by Crippen LogP contribution is -2.44. The van der Waals surface area contributed by atoms with Crippen molar-refractivity contribution in [2.45, 2.75) is 57.5 Å². The van der Waals surface area contributed by atoms with Gasteiger partial charge in [-0.3, -0.25) is 4.90 Å². The number of nitrogens with one attached hydrogen (secondary N) is 1. The van der Waals surface area contributed by atoms with Crippen LogP contribution in [-0.4, -0.2) is 46.0 Å². The zero-order valence-electron chi connectivity index (χ0n) is 16.0. The molecule has 3 nitrogen and oxygen atoms in total. The van der Waals surface area contributed by atoms with Gasteiger partial charge in [0.15, 0.2) is 8.32 Å². The van der Waals surface area contributed by atoms with E-state index in [2.05, 4.69) is 44.1 Å². The number of rotatable bonds is 6. The minimum atomic E-state index is -1.71. The number of benzene rings is 1. The Balaban J connectivity index is 1.93. The second-order valence-electron chi connectivity index (χ2n) is 8.44. The summed E-state index contributed by atoms with van der Waals surface area (Å²) in [5.41, 5.74) is 1.01. The summed E-state index contributed by atoms with van der Waals surface area (Å²) < 4.78 is 20.0. The molecule has 136 valence electrons. The molecule has 0 aromatic heterocycles. The third kappa shape index (κ3) is 4.88. The lowest BCUT2D eigenvalue weighted by atomic mass is 10.1. The third-order valence-corrected chi connectivity index (χ3v) is 10.1. The number of halogens is 1. The Kier molecular flexibility index (Phi) is 6.23. The zero-order valence-corrected chi connectivity index (χ0v) is 17.0. The van der Waals surface area contributed by atoms with E-state index < -0.39 is 8.32 Å². The van der Waals surface area contributed by atoms with Gasteiger partial charge < -0.3 is 9.74 Å². The zero-order chi connectivity index (χ0) is 18.0. The SMILES string of the molecule is CN[C@H](CN1CC[C@H](O[Si](C)(C)C(C)(C)C)C1)c1cccc(F)c1. The van der Waals surface area contributed by atoms with Gasteiger partial charge in [-0.2, -0.15) is 0 Å². The largest absolute Gasteiger partial charge is 0.413 e. The first-order valence-corrected chi connectivity index (χ1v) is 11.9. The predicted molar refractivity (Wildman–Crippen MR) is 101 cm³/mol. The van der Waals surface area contributed by atoms with Crippen molar-refractivity contribution >= 4 is 8.32 Å². The highest BCUT2D eigenvalue weighted by atomic mass is 28.4. The van der Waals surface area contributed by atoms with Crippen LogP contribution in [0.4, 0.5) is 4.39 Å². The second kappa shape index (κ2) is 7.64. The van der Waals surface area contributed by atoms with Crippen LogP contribution in [0.2, 0.25) is 18.1 Å². The number of hydrogen-bond acceptors (Lipinski definition) is 3. The van der Waals surface area contributed by atoms with Crippen LogP contribution < -0.4 is 5.32 Å². The van der Waals surface area contributed by atoms with Crippen LogP contribution in [0.25, 0.3) is 0 Å². The molecule has 1 aromatic carbocycles. The summed E-state index contributed by atoms with van der Waals surface area (Å²) >= 11 is 0. The van der Waals surface area contributed by atoms with Crippen LogP contribution in [0.1, 0.15) is 38.8 Å². The number of hydrogen-bond donors (Lipinski definition) is 1. The molecule has 1 saturated heterocycles. The first-order valence-electron chi connectivity index (χ1n) is 8.95. The molecule has 5 heteroatoms. The quantitative estimate of drug-likeness (QED) is 0.777. The molecule has 1 aromatic rings. The molecular formula is C19H33FN2OSi. The summed E-state index contributed by atoms with van der Waals surface area (Å²) in [6.07, 6.45) is 1.42. The van der Waals surface area contributed by atoms with Gasteiger partial charge in [-0.1, -0.05) is 32.9 Å². The maximum Gasteiger partial charge on any atom is 0.192 e. The molecule has 1 N–H and O–H groups in total. The first-order chi connectivity index (χ1) is 11.1. The van der Waals surface area contributed by atoms with Crippen LogP contribution in [0, 0.1) is 5.82 Å². The Morgan fingerprint density at radius 3 is 2.67 bits per heavy atom. The van der Waals surface area contributed by atoms with Gasteiger partial charge in [0.1, 0.15) is 5.82 Å². The molecule has 0 aliphatic carbocycles. The molecule has 0 amide bonds. The Hall–Kier alpha value is -0.753. The molecule has 1 fully saturated rings. The standard InChI is InChI=1S/C19H33FN2OSi/c1-19(2,3)24(5,6)23-17-10-11-22(13-17)14-18(21-4)15-8-7-9-16(20)12-15/h7-9,12,17-18,21H,10-11,13-14H2,1-6H3/t17-,18+/m0/s1. The van der Waals surface area contributed by atoms with Crippen LogP contribution in [0.5, 0.6) is 0 Å². The number of nitrogens with zero attached hydrogens (tertiary/aromatic N) is 1. The van der Waals surface area contributed by atoms with Crippen LogP contribution in [-0.2, 0) is 4.43 Å². The number of likely N-dealkylation sites (N-methyl/N-ethyl adjacent to an activating group) is 1. The van der Waals surface area contributed by atoms with E-state index in [1.165, 1.54) is 6.07 Å². The van der Waals surface area contributed by atoms with Crippen molar-refractivity contribution in [1.82, 2.24) is 10.2 Å². The van der Waals surface area contributed by atoms with E-state index in [0.717, 1.165) is 31.6 Å². The average Bonchev–Trinajstić information content (AvgIpc) is 2.90. The second-order valence-corrected chi connectivity index (χ2v) is 13.2. The minimum absolute atomic E-state index is 0.146. The molecule has 1 aliphatic rings. The van der Waals surface area contributed by atoms with Crippen molar-refractivity contribution in [3.63, 3.8) is 0 Å². The van der Waals surface area contributed by atoms with E-state index in [-0.39, 0.29) is 16.9 Å². The van der Waals surface area contributed by atoms with Gasteiger partial charge in [0.2, 0.25) is 0 Å².